The normalized spacial score (nSPS) is 10.3. The van der Waals surface area contributed by atoms with Crippen molar-refractivity contribution in [3.05, 3.63) is 4.88 Å². The number of aromatic nitrogens is 1. The number of amides is 1. The van der Waals surface area contributed by atoms with Gasteiger partial charge in [0.15, 0.2) is 5.13 Å². The van der Waals surface area contributed by atoms with Crippen LogP contribution in [0.2, 0.25) is 0 Å². The minimum atomic E-state index is -0.186. The summed E-state index contributed by atoms with van der Waals surface area (Å²) in [6.45, 7) is 0.796. The number of hydrogen-bond acceptors (Lipinski definition) is 7. The van der Waals surface area contributed by atoms with E-state index in [0.29, 0.717) is 16.6 Å². The SMILES string of the molecule is CNc1nc(N)c(C(=O)NCCSCCCO)s1. The van der Waals surface area contributed by atoms with Gasteiger partial charge in [-0.25, -0.2) is 4.98 Å². The van der Waals surface area contributed by atoms with Gasteiger partial charge in [0.2, 0.25) is 0 Å². The zero-order valence-corrected chi connectivity index (χ0v) is 11.9. The number of anilines is 2. The fraction of sp³-hybridized carbons (Fsp3) is 0.600. The Labute approximate surface area is 114 Å². The molecule has 102 valence electrons. The molecule has 8 heteroatoms. The zero-order valence-electron chi connectivity index (χ0n) is 10.2. The maximum absolute atomic E-state index is 11.8. The van der Waals surface area contributed by atoms with Gasteiger partial charge in [0.05, 0.1) is 0 Å². The van der Waals surface area contributed by atoms with Gasteiger partial charge in [-0.15, -0.1) is 0 Å². The van der Waals surface area contributed by atoms with E-state index in [-0.39, 0.29) is 18.3 Å². The van der Waals surface area contributed by atoms with E-state index in [4.69, 9.17) is 10.8 Å². The third-order valence-corrected chi connectivity index (χ3v) is 4.21. The molecule has 1 rings (SSSR count). The van der Waals surface area contributed by atoms with Crippen molar-refractivity contribution in [3.63, 3.8) is 0 Å². The van der Waals surface area contributed by atoms with Crippen LogP contribution in [0.25, 0.3) is 0 Å². The molecule has 18 heavy (non-hydrogen) atoms. The molecule has 0 aromatic carbocycles. The Bertz CT molecular complexity index is 384. The second-order valence-electron chi connectivity index (χ2n) is 3.43. The first-order valence-electron chi connectivity index (χ1n) is 5.60. The zero-order chi connectivity index (χ0) is 13.4. The van der Waals surface area contributed by atoms with Crippen molar-refractivity contribution in [1.82, 2.24) is 10.3 Å². The highest BCUT2D eigenvalue weighted by molar-refractivity contribution is 7.99. The van der Waals surface area contributed by atoms with E-state index in [1.165, 1.54) is 11.3 Å². The Balaban J connectivity index is 2.29. The molecule has 0 radical (unpaired) electrons. The topological polar surface area (TPSA) is 100 Å². The maximum atomic E-state index is 11.8. The summed E-state index contributed by atoms with van der Waals surface area (Å²) in [5.41, 5.74) is 5.65. The predicted octanol–water partition coefficient (Wildman–Crippen LogP) is 0.612. The summed E-state index contributed by atoms with van der Waals surface area (Å²) in [5, 5.41) is 14.9. The molecule has 0 atom stereocenters. The number of thiazole rings is 1. The number of nitrogens with zero attached hydrogens (tertiary/aromatic N) is 1. The number of nitrogens with one attached hydrogen (secondary N) is 2. The Kier molecular flexibility index (Phi) is 6.84. The number of carbonyl (C=O) groups excluding carboxylic acids is 1. The molecule has 1 aromatic heterocycles. The van der Waals surface area contributed by atoms with Crippen LogP contribution in [0.4, 0.5) is 10.9 Å². The first-order valence-corrected chi connectivity index (χ1v) is 7.57. The number of carbonyl (C=O) groups is 1. The predicted molar refractivity (Wildman–Crippen MR) is 77.4 cm³/mol. The van der Waals surface area contributed by atoms with E-state index in [2.05, 4.69) is 15.6 Å². The van der Waals surface area contributed by atoms with Crippen LogP contribution < -0.4 is 16.4 Å². The van der Waals surface area contributed by atoms with Gasteiger partial charge in [0.1, 0.15) is 10.7 Å². The van der Waals surface area contributed by atoms with E-state index in [9.17, 15) is 4.79 Å². The first-order chi connectivity index (χ1) is 8.69. The lowest BCUT2D eigenvalue weighted by Gasteiger charge is -2.03. The van der Waals surface area contributed by atoms with Crippen molar-refractivity contribution in [1.29, 1.82) is 0 Å². The maximum Gasteiger partial charge on any atom is 0.265 e. The van der Waals surface area contributed by atoms with E-state index >= 15 is 0 Å². The lowest BCUT2D eigenvalue weighted by atomic mass is 10.4. The van der Waals surface area contributed by atoms with Crippen LogP contribution in [0.3, 0.4) is 0 Å². The number of aliphatic hydroxyl groups is 1. The van der Waals surface area contributed by atoms with Gasteiger partial charge in [-0.3, -0.25) is 4.79 Å². The number of nitrogens with two attached hydrogens (primary N) is 1. The lowest BCUT2D eigenvalue weighted by Crippen LogP contribution is -2.25. The van der Waals surface area contributed by atoms with Crippen LogP contribution in [0, 0.1) is 0 Å². The molecule has 0 aliphatic rings. The van der Waals surface area contributed by atoms with E-state index in [1.807, 2.05) is 0 Å². The van der Waals surface area contributed by atoms with Crippen molar-refractivity contribution in [2.24, 2.45) is 0 Å². The van der Waals surface area contributed by atoms with E-state index < -0.39 is 0 Å². The fourth-order valence-corrected chi connectivity index (χ4v) is 2.73. The van der Waals surface area contributed by atoms with Crippen LogP contribution in [0.15, 0.2) is 0 Å². The van der Waals surface area contributed by atoms with Crippen molar-refractivity contribution in [2.45, 2.75) is 6.42 Å². The number of rotatable bonds is 8. The molecule has 0 saturated heterocycles. The molecule has 0 bridgehead atoms. The van der Waals surface area contributed by atoms with Crippen LogP contribution >= 0.6 is 23.1 Å². The van der Waals surface area contributed by atoms with Gasteiger partial charge in [-0.1, -0.05) is 11.3 Å². The lowest BCUT2D eigenvalue weighted by molar-refractivity contribution is 0.0961. The van der Waals surface area contributed by atoms with Crippen LogP contribution in [-0.4, -0.2) is 47.7 Å². The standard InChI is InChI=1S/C10H18N4O2S2/c1-12-10-14-8(11)7(18-10)9(16)13-3-6-17-5-2-4-15/h15H,2-6,11H2,1H3,(H,12,14)(H,13,16). The molecular weight excluding hydrogens is 272 g/mol. The number of thioether (sulfide) groups is 1. The Hall–Kier alpha value is -0.990. The van der Waals surface area contributed by atoms with Gasteiger partial charge in [-0.05, 0) is 12.2 Å². The highest BCUT2D eigenvalue weighted by atomic mass is 32.2. The molecule has 0 aliphatic heterocycles. The van der Waals surface area contributed by atoms with Crippen molar-refractivity contribution >= 4 is 40.0 Å². The Morgan fingerprint density at radius 3 is 2.94 bits per heavy atom. The molecule has 0 spiro atoms. The van der Waals surface area contributed by atoms with E-state index in [0.717, 1.165) is 17.9 Å². The Morgan fingerprint density at radius 1 is 1.56 bits per heavy atom. The average molecular weight is 290 g/mol. The molecular formula is C10H18N4O2S2. The van der Waals surface area contributed by atoms with Gasteiger partial charge in [-0.2, -0.15) is 11.8 Å². The molecule has 1 amide bonds. The highest BCUT2D eigenvalue weighted by Gasteiger charge is 2.14. The van der Waals surface area contributed by atoms with Gasteiger partial charge >= 0.3 is 0 Å². The molecule has 1 heterocycles. The molecule has 1 aromatic rings. The molecule has 0 unspecified atom stereocenters. The van der Waals surface area contributed by atoms with Crippen molar-refractivity contribution in [2.75, 3.05) is 42.8 Å². The number of aliphatic hydroxyl groups excluding tert-OH is 1. The first kappa shape index (κ1) is 15.1. The van der Waals surface area contributed by atoms with Crippen molar-refractivity contribution in [3.8, 4) is 0 Å². The highest BCUT2D eigenvalue weighted by Crippen LogP contribution is 2.24. The van der Waals surface area contributed by atoms with E-state index in [1.54, 1.807) is 18.8 Å². The van der Waals surface area contributed by atoms with Crippen molar-refractivity contribution < 1.29 is 9.90 Å². The summed E-state index contributed by atoms with van der Waals surface area (Å²) in [6.07, 6.45) is 0.784. The molecule has 6 nitrogen and oxygen atoms in total. The summed E-state index contributed by atoms with van der Waals surface area (Å²) in [7, 11) is 1.73. The molecule has 5 N–H and O–H groups in total. The average Bonchev–Trinajstić information content (AvgIpc) is 2.75. The largest absolute Gasteiger partial charge is 0.396 e. The van der Waals surface area contributed by atoms with Gasteiger partial charge < -0.3 is 21.5 Å². The Morgan fingerprint density at radius 2 is 2.33 bits per heavy atom. The second kappa shape index (κ2) is 8.17. The minimum absolute atomic E-state index is 0.186. The summed E-state index contributed by atoms with van der Waals surface area (Å²) < 4.78 is 0. The molecule has 0 aliphatic carbocycles. The molecule has 0 saturated carbocycles. The van der Waals surface area contributed by atoms with Gasteiger partial charge in [0.25, 0.3) is 5.91 Å². The minimum Gasteiger partial charge on any atom is -0.396 e. The summed E-state index contributed by atoms with van der Waals surface area (Å²) in [6, 6.07) is 0. The summed E-state index contributed by atoms with van der Waals surface area (Å²) >= 11 is 2.94. The quantitative estimate of drug-likeness (QED) is 0.524. The third kappa shape index (κ3) is 4.71. The van der Waals surface area contributed by atoms with Crippen LogP contribution in [0.1, 0.15) is 16.1 Å². The van der Waals surface area contributed by atoms with Crippen LogP contribution in [-0.2, 0) is 0 Å². The summed E-state index contributed by atoms with van der Waals surface area (Å²) in [4.78, 5) is 16.2. The van der Waals surface area contributed by atoms with Crippen LogP contribution in [0.5, 0.6) is 0 Å². The monoisotopic (exact) mass is 290 g/mol. The number of hydrogen-bond donors (Lipinski definition) is 4. The second-order valence-corrected chi connectivity index (χ2v) is 5.65. The summed E-state index contributed by atoms with van der Waals surface area (Å²) in [5.74, 6) is 1.80. The third-order valence-electron chi connectivity index (χ3n) is 2.05. The molecule has 0 fully saturated rings. The number of nitrogen functional groups attached to an aromatic ring is 1. The smallest absolute Gasteiger partial charge is 0.265 e. The van der Waals surface area contributed by atoms with Gasteiger partial charge in [0, 0.05) is 26.0 Å². The fourth-order valence-electron chi connectivity index (χ4n) is 1.19.